The van der Waals surface area contributed by atoms with Gasteiger partial charge in [0.1, 0.15) is 0 Å². The lowest BCUT2D eigenvalue weighted by Crippen LogP contribution is -2.41. The van der Waals surface area contributed by atoms with Crippen LogP contribution in [-0.2, 0) is 19.1 Å². The molecule has 0 atom stereocenters. The average Bonchev–Trinajstić information content (AvgIpc) is 2.33. The molecular formula is C11H16N2O6. The van der Waals surface area contributed by atoms with Crippen molar-refractivity contribution >= 4 is 23.9 Å². The van der Waals surface area contributed by atoms with Crippen LogP contribution < -0.4 is 5.32 Å². The van der Waals surface area contributed by atoms with E-state index in [1.54, 1.807) is 6.92 Å². The molecule has 0 saturated heterocycles. The number of aliphatic carboxylic acids is 1. The summed E-state index contributed by atoms with van der Waals surface area (Å²) in [4.78, 5) is 44.8. The summed E-state index contributed by atoms with van der Waals surface area (Å²) in [6.45, 7) is 2.01. The minimum absolute atomic E-state index is 0.0108. The number of amides is 3. The van der Waals surface area contributed by atoms with Crippen LogP contribution >= 0.6 is 0 Å². The Balaban J connectivity index is 4.10. The number of hydrogen-bond acceptors (Lipinski definition) is 5. The minimum Gasteiger partial charge on any atom is -0.478 e. The highest BCUT2D eigenvalue weighted by atomic mass is 16.5. The first-order valence-corrected chi connectivity index (χ1v) is 5.49. The van der Waals surface area contributed by atoms with Crippen LogP contribution in [0.25, 0.3) is 0 Å². The molecule has 0 saturated carbocycles. The number of nitrogens with one attached hydrogen (secondary N) is 1. The van der Waals surface area contributed by atoms with Crippen molar-refractivity contribution in [1.82, 2.24) is 10.2 Å². The van der Waals surface area contributed by atoms with Crippen molar-refractivity contribution in [2.24, 2.45) is 0 Å². The second-order valence-corrected chi connectivity index (χ2v) is 3.44. The molecule has 0 unspecified atom stereocenters. The van der Waals surface area contributed by atoms with E-state index in [-0.39, 0.29) is 19.6 Å². The number of imide groups is 1. The van der Waals surface area contributed by atoms with Gasteiger partial charge in [-0.25, -0.2) is 9.59 Å². The first-order valence-electron chi connectivity index (χ1n) is 5.49. The van der Waals surface area contributed by atoms with Crippen LogP contribution in [-0.4, -0.2) is 54.1 Å². The largest absolute Gasteiger partial charge is 0.478 e. The Morgan fingerprint density at radius 3 is 2.42 bits per heavy atom. The van der Waals surface area contributed by atoms with E-state index in [2.05, 4.69) is 4.74 Å². The van der Waals surface area contributed by atoms with Crippen molar-refractivity contribution in [2.75, 3.05) is 20.2 Å². The molecule has 0 aliphatic heterocycles. The molecule has 0 aliphatic carbocycles. The topological polar surface area (TPSA) is 113 Å². The van der Waals surface area contributed by atoms with Crippen LogP contribution in [0.4, 0.5) is 4.79 Å². The molecule has 0 bridgehead atoms. The normalized spacial score (nSPS) is 10.0. The minimum atomic E-state index is -1.29. The standard InChI is InChI=1S/C11H16N2O6/c1-3-19-10(17)6-7-13(2)11(18)12-8(14)4-5-9(15)16/h4-5H,3,6-7H2,1-2H3,(H,15,16)(H,12,14,18). The van der Waals surface area contributed by atoms with Gasteiger partial charge in [-0.1, -0.05) is 0 Å². The zero-order valence-corrected chi connectivity index (χ0v) is 10.7. The van der Waals surface area contributed by atoms with Crippen LogP contribution in [0.2, 0.25) is 0 Å². The van der Waals surface area contributed by atoms with Crippen LogP contribution in [0, 0.1) is 0 Å². The smallest absolute Gasteiger partial charge is 0.328 e. The number of rotatable bonds is 6. The molecule has 3 amide bonds. The highest BCUT2D eigenvalue weighted by Gasteiger charge is 2.12. The van der Waals surface area contributed by atoms with E-state index >= 15 is 0 Å². The van der Waals surface area contributed by atoms with Gasteiger partial charge in [0.05, 0.1) is 13.0 Å². The molecule has 8 heteroatoms. The van der Waals surface area contributed by atoms with E-state index in [1.807, 2.05) is 5.32 Å². The first-order chi connectivity index (χ1) is 8.86. The molecule has 0 aliphatic rings. The fourth-order valence-electron chi connectivity index (χ4n) is 0.983. The summed E-state index contributed by atoms with van der Waals surface area (Å²) < 4.78 is 4.68. The summed E-state index contributed by atoms with van der Waals surface area (Å²) in [7, 11) is 1.39. The van der Waals surface area contributed by atoms with Crippen molar-refractivity contribution in [1.29, 1.82) is 0 Å². The maximum atomic E-state index is 11.4. The number of carboxylic acid groups (broad SMARTS) is 1. The van der Waals surface area contributed by atoms with Crippen molar-refractivity contribution < 1.29 is 29.0 Å². The Bertz CT molecular complexity index is 391. The zero-order valence-electron chi connectivity index (χ0n) is 10.7. The van der Waals surface area contributed by atoms with Crippen LogP contribution in [0.1, 0.15) is 13.3 Å². The zero-order chi connectivity index (χ0) is 14.8. The van der Waals surface area contributed by atoms with Crippen molar-refractivity contribution in [3.05, 3.63) is 12.2 Å². The van der Waals surface area contributed by atoms with Gasteiger partial charge >= 0.3 is 18.0 Å². The summed E-state index contributed by atoms with van der Waals surface area (Å²) in [5, 5.41) is 10.2. The fourth-order valence-corrected chi connectivity index (χ4v) is 0.983. The second kappa shape index (κ2) is 8.67. The molecule has 0 aromatic rings. The lowest BCUT2D eigenvalue weighted by Gasteiger charge is -2.16. The number of ether oxygens (including phenoxy) is 1. The van der Waals surface area contributed by atoms with Crippen molar-refractivity contribution in [3.63, 3.8) is 0 Å². The first kappa shape index (κ1) is 16.6. The number of carbonyl (C=O) groups is 4. The summed E-state index contributed by atoms with van der Waals surface area (Å²) in [5.41, 5.74) is 0. The molecule has 19 heavy (non-hydrogen) atoms. The highest BCUT2D eigenvalue weighted by Crippen LogP contribution is 1.92. The number of carbonyl (C=O) groups excluding carboxylic acids is 3. The maximum absolute atomic E-state index is 11.4. The van der Waals surface area contributed by atoms with Crippen molar-refractivity contribution in [2.45, 2.75) is 13.3 Å². The van der Waals surface area contributed by atoms with Gasteiger partial charge in [-0.05, 0) is 6.92 Å². The molecule has 0 rings (SSSR count). The highest BCUT2D eigenvalue weighted by molar-refractivity contribution is 6.02. The molecule has 8 nitrogen and oxygen atoms in total. The van der Waals surface area contributed by atoms with E-state index < -0.39 is 23.9 Å². The predicted octanol–water partition coefficient (Wildman–Crippen LogP) is -0.252. The molecule has 0 aromatic heterocycles. The summed E-state index contributed by atoms with van der Waals surface area (Å²) in [5.74, 6) is -2.59. The SMILES string of the molecule is CCOC(=O)CCN(C)C(=O)NC(=O)C=CC(=O)O. The van der Waals surface area contributed by atoms with Crippen LogP contribution in [0.3, 0.4) is 0 Å². The molecule has 2 N–H and O–H groups in total. The predicted molar refractivity (Wildman–Crippen MR) is 64.2 cm³/mol. The third-order valence-electron chi connectivity index (χ3n) is 1.91. The number of urea groups is 1. The number of nitrogens with zero attached hydrogens (tertiary/aromatic N) is 1. The van der Waals surface area contributed by atoms with Gasteiger partial charge in [0.2, 0.25) is 0 Å². The van der Waals surface area contributed by atoms with E-state index in [9.17, 15) is 19.2 Å². The van der Waals surface area contributed by atoms with Gasteiger partial charge in [-0.2, -0.15) is 0 Å². The average molecular weight is 272 g/mol. The van der Waals surface area contributed by atoms with Gasteiger partial charge in [0.25, 0.3) is 5.91 Å². The Kier molecular flexibility index (Phi) is 7.59. The lowest BCUT2D eigenvalue weighted by molar-refractivity contribution is -0.143. The van der Waals surface area contributed by atoms with Crippen LogP contribution in [0.5, 0.6) is 0 Å². The third-order valence-corrected chi connectivity index (χ3v) is 1.91. The molecule has 0 aromatic carbocycles. The number of carboxylic acids is 1. The van der Waals surface area contributed by atoms with Gasteiger partial charge in [0, 0.05) is 25.7 Å². The monoisotopic (exact) mass is 272 g/mol. The van der Waals surface area contributed by atoms with E-state index in [4.69, 9.17) is 5.11 Å². The molecule has 0 fully saturated rings. The Hall–Kier alpha value is -2.38. The molecule has 0 heterocycles. The molecule has 0 spiro atoms. The van der Waals surface area contributed by atoms with Crippen LogP contribution in [0.15, 0.2) is 12.2 Å². The number of hydrogen-bond donors (Lipinski definition) is 2. The Labute approximate surface area is 110 Å². The molecular weight excluding hydrogens is 256 g/mol. The van der Waals surface area contributed by atoms with Gasteiger partial charge in [0.15, 0.2) is 0 Å². The lowest BCUT2D eigenvalue weighted by atomic mass is 10.4. The number of esters is 1. The summed E-state index contributed by atoms with van der Waals surface area (Å²) >= 11 is 0. The van der Waals surface area contributed by atoms with Gasteiger partial charge in [-0.15, -0.1) is 0 Å². The Morgan fingerprint density at radius 2 is 1.89 bits per heavy atom. The maximum Gasteiger partial charge on any atom is 0.328 e. The fraction of sp³-hybridized carbons (Fsp3) is 0.455. The van der Waals surface area contributed by atoms with Gasteiger partial charge in [-0.3, -0.25) is 14.9 Å². The molecule has 106 valence electrons. The summed E-state index contributed by atoms with van der Waals surface area (Å²) in [6, 6.07) is -0.732. The van der Waals surface area contributed by atoms with E-state index in [0.717, 1.165) is 11.0 Å². The van der Waals surface area contributed by atoms with E-state index in [1.165, 1.54) is 7.05 Å². The Morgan fingerprint density at radius 1 is 1.26 bits per heavy atom. The van der Waals surface area contributed by atoms with Crippen molar-refractivity contribution in [3.8, 4) is 0 Å². The summed E-state index contributed by atoms with van der Waals surface area (Å²) in [6.07, 6.45) is 1.34. The quantitative estimate of drug-likeness (QED) is 0.509. The third kappa shape index (κ3) is 8.36. The second-order valence-electron chi connectivity index (χ2n) is 3.44. The molecule has 0 radical (unpaired) electrons. The van der Waals surface area contributed by atoms with Gasteiger partial charge < -0.3 is 14.7 Å². The van der Waals surface area contributed by atoms with E-state index in [0.29, 0.717) is 6.08 Å².